The Morgan fingerprint density at radius 3 is 2.77 bits per heavy atom. The Morgan fingerprint density at radius 2 is 2.00 bits per heavy atom. The average molecular weight is 499 g/mol. The Balaban J connectivity index is 1.53. The number of likely N-dealkylation sites (tertiary alicyclic amines) is 1. The number of piperidine rings is 1. The molecule has 0 atom stereocenters. The third-order valence-corrected chi connectivity index (χ3v) is 6.40. The van der Waals surface area contributed by atoms with Crippen LogP contribution >= 0.6 is 11.6 Å². The number of ether oxygens (including phenoxy) is 1. The van der Waals surface area contributed by atoms with Crippen molar-refractivity contribution in [2.75, 3.05) is 36.9 Å². The normalized spacial score (nSPS) is 14.1. The molecule has 1 amide bonds. The highest BCUT2D eigenvalue weighted by Crippen LogP contribution is 2.35. The van der Waals surface area contributed by atoms with Crippen molar-refractivity contribution in [1.82, 2.24) is 9.88 Å². The smallest absolute Gasteiger partial charge is 0.224 e. The molecule has 35 heavy (non-hydrogen) atoms. The number of hydrogen-bond donors (Lipinski definition) is 2. The number of nitrogens with zero attached hydrogens (tertiary/aromatic N) is 2. The molecule has 1 aliphatic rings. The predicted molar refractivity (Wildman–Crippen MR) is 140 cm³/mol. The van der Waals surface area contributed by atoms with E-state index in [1.807, 2.05) is 25.1 Å². The van der Waals surface area contributed by atoms with E-state index in [2.05, 4.69) is 20.5 Å². The summed E-state index contributed by atoms with van der Waals surface area (Å²) in [6.07, 6.45) is 7.62. The number of carbonyl (C=O) groups is 1. The van der Waals surface area contributed by atoms with E-state index in [1.54, 1.807) is 12.3 Å². The highest BCUT2D eigenvalue weighted by atomic mass is 35.5. The van der Waals surface area contributed by atoms with Gasteiger partial charge in [0.2, 0.25) is 5.91 Å². The van der Waals surface area contributed by atoms with E-state index in [0.717, 1.165) is 43.2 Å². The molecule has 2 N–H and O–H groups in total. The molecule has 186 valence electrons. The zero-order valence-electron chi connectivity index (χ0n) is 20.1. The SMILES string of the molecule is CCCOc1cc2ccnc(Nc3ccc(F)c(Cl)c3)c2cc1NC(=O)CCCN1CCCCC1. The van der Waals surface area contributed by atoms with Crippen LogP contribution in [0.3, 0.4) is 0 Å². The Labute approximate surface area is 210 Å². The number of aromatic nitrogens is 1. The van der Waals surface area contributed by atoms with Gasteiger partial charge >= 0.3 is 0 Å². The first-order chi connectivity index (χ1) is 17.0. The minimum Gasteiger partial charge on any atom is -0.491 e. The van der Waals surface area contributed by atoms with Crippen LogP contribution in [0.5, 0.6) is 5.75 Å². The molecular formula is C27H32ClFN4O2. The summed E-state index contributed by atoms with van der Waals surface area (Å²) in [5.74, 6) is 0.691. The molecule has 1 aliphatic heterocycles. The highest BCUT2D eigenvalue weighted by molar-refractivity contribution is 6.31. The quantitative estimate of drug-likeness (QED) is 0.323. The summed E-state index contributed by atoms with van der Waals surface area (Å²) in [4.78, 5) is 19.7. The van der Waals surface area contributed by atoms with Gasteiger partial charge in [-0.2, -0.15) is 0 Å². The predicted octanol–water partition coefficient (Wildman–Crippen LogP) is 6.76. The van der Waals surface area contributed by atoms with Crippen LogP contribution in [0.2, 0.25) is 5.02 Å². The van der Waals surface area contributed by atoms with Crippen molar-refractivity contribution in [2.45, 2.75) is 45.4 Å². The number of halogens is 2. The second kappa shape index (κ2) is 12.2. The molecule has 1 fully saturated rings. The van der Waals surface area contributed by atoms with Gasteiger partial charge in [0.05, 0.1) is 17.3 Å². The first-order valence-corrected chi connectivity index (χ1v) is 12.7. The number of pyridine rings is 1. The number of nitrogens with one attached hydrogen (secondary N) is 2. The van der Waals surface area contributed by atoms with Crippen LogP contribution in [0.15, 0.2) is 42.6 Å². The second-order valence-corrected chi connectivity index (χ2v) is 9.29. The van der Waals surface area contributed by atoms with Gasteiger partial charge in [0.1, 0.15) is 17.4 Å². The minimum atomic E-state index is -0.480. The third-order valence-electron chi connectivity index (χ3n) is 6.11. The lowest BCUT2D eigenvalue weighted by Gasteiger charge is -2.26. The summed E-state index contributed by atoms with van der Waals surface area (Å²) in [7, 11) is 0. The van der Waals surface area contributed by atoms with Crippen LogP contribution in [0.1, 0.15) is 45.4 Å². The van der Waals surface area contributed by atoms with Crippen LogP contribution in [0, 0.1) is 5.82 Å². The Bertz CT molecular complexity index is 1170. The summed E-state index contributed by atoms with van der Waals surface area (Å²) >= 11 is 5.94. The van der Waals surface area contributed by atoms with Gasteiger partial charge in [-0.3, -0.25) is 4.79 Å². The van der Waals surface area contributed by atoms with Gasteiger partial charge in [-0.15, -0.1) is 0 Å². The maximum atomic E-state index is 13.6. The molecular weight excluding hydrogens is 467 g/mol. The van der Waals surface area contributed by atoms with E-state index in [1.165, 1.54) is 31.4 Å². The highest BCUT2D eigenvalue weighted by Gasteiger charge is 2.15. The fourth-order valence-electron chi connectivity index (χ4n) is 4.30. The molecule has 3 aromatic rings. The van der Waals surface area contributed by atoms with Gasteiger partial charge in [0, 0.05) is 23.7 Å². The van der Waals surface area contributed by atoms with E-state index in [4.69, 9.17) is 16.3 Å². The fourth-order valence-corrected chi connectivity index (χ4v) is 4.48. The van der Waals surface area contributed by atoms with Gasteiger partial charge in [0.15, 0.2) is 0 Å². The van der Waals surface area contributed by atoms with Crippen molar-refractivity contribution in [3.8, 4) is 5.75 Å². The molecule has 1 saturated heterocycles. The average Bonchev–Trinajstić information content (AvgIpc) is 2.86. The number of anilines is 3. The molecule has 8 heteroatoms. The third kappa shape index (κ3) is 6.83. The zero-order valence-corrected chi connectivity index (χ0v) is 20.8. The van der Waals surface area contributed by atoms with Crippen LogP contribution in [0.25, 0.3) is 10.8 Å². The van der Waals surface area contributed by atoms with Crippen LogP contribution in [0.4, 0.5) is 21.6 Å². The number of carbonyl (C=O) groups excluding carboxylic acids is 1. The van der Waals surface area contributed by atoms with Gasteiger partial charge in [0.25, 0.3) is 0 Å². The van der Waals surface area contributed by atoms with E-state index in [9.17, 15) is 9.18 Å². The van der Waals surface area contributed by atoms with Gasteiger partial charge in [-0.05, 0) is 87.1 Å². The largest absolute Gasteiger partial charge is 0.491 e. The first kappa shape index (κ1) is 25.2. The maximum Gasteiger partial charge on any atom is 0.224 e. The minimum absolute atomic E-state index is 0.0306. The molecule has 0 unspecified atom stereocenters. The van der Waals surface area contributed by atoms with Crippen molar-refractivity contribution in [3.05, 3.63) is 53.4 Å². The molecule has 0 radical (unpaired) electrons. The standard InChI is InChI=1S/C27H32ClFN4O2/c1-2-15-35-25-16-19-10-11-30-27(31-20-8-9-23(29)22(28)17-20)21(19)18-24(25)32-26(34)7-6-14-33-12-4-3-5-13-33/h8-11,16-18H,2-7,12-15H2,1H3,(H,30,31)(H,32,34). The van der Waals surface area contributed by atoms with Gasteiger partial charge in [-0.1, -0.05) is 24.9 Å². The number of fused-ring (bicyclic) bond motifs is 1. The van der Waals surface area contributed by atoms with Crippen molar-refractivity contribution in [3.63, 3.8) is 0 Å². The summed E-state index contributed by atoms with van der Waals surface area (Å²) in [6, 6.07) is 10.1. The molecule has 0 aliphatic carbocycles. The molecule has 1 aromatic heterocycles. The van der Waals surface area contributed by atoms with Crippen molar-refractivity contribution >= 4 is 45.5 Å². The van der Waals surface area contributed by atoms with Crippen molar-refractivity contribution in [1.29, 1.82) is 0 Å². The van der Waals surface area contributed by atoms with Crippen molar-refractivity contribution in [2.24, 2.45) is 0 Å². The van der Waals surface area contributed by atoms with Crippen molar-refractivity contribution < 1.29 is 13.9 Å². The Morgan fingerprint density at radius 1 is 1.17 bits per heavy atom. The molecule has 2 heterocycles. The lowest BCUT2D eigenvalue weighted by molar-refractivity contribution is -0.116. The first-order valence-electron chi connectivity index (χ1n) is 12.3. The summed E-state index contributed by atoms with van der Waals surface area (Å²) < 4.78 is 19.5. The van der Waals surface area contributed by atoms with Crippen LogP contribution < -0.4 is 15.4 Å². The second-order valence-electron chi connectivity index (χ2n) is 8.89. The lowest BCUT2D eigenvalue weighted by atomic mass is 10.1. The van der Waals surface area contributed by atoms with E-state index < -0.39 is 5.82 Å². The molecule has 0 spiro atoms. The molecule has 4 rings (SSSR count). The molecule has 0 bridgehead atoms. The Kier molecular flexibility index (Phi) is 8.77. The number of amides is 1. The van der Waals surface area contributed by atoms with Crippen LogP contribution in [-0.4, -0.2) is 42.0 Å². The number of benzene rings is 2. The number of rotatable bonds is 10. The zero-order chi connectivity index (χ0) is 24.6. The fraction of sp³-hybridized carbons (Fsp3) is 0.407. The van der Waals surface area contributed by atoms with Gasteiger partial charge in [-0.25, -0.2) is 9.37 Å². The van der Waals surface area contributed by atoms with Gasteiger partial charge < -0.3 is 20.3 Å². The molecule has 2 aromatic carbocycles. The summed E-state index contributed by atoms with van der Waals surface area (Å²) in [6.45, 7) is 5.79. The van der Waals surface area contributed by atoms with Crippen LogP contribution in [-0.2, 0) is 4.79 Å². The van der Waals surface area contributed by atoms with E-state index in [0.29, 0.717) is 36.0 Å². The summed E-state index contributed by atoms with van der Waals surface area (Å²) in [5, 5.41) is 8.00. The lowest BCUT2D eigenvalue weighted by Crippen LogP contribution is -2.31. The number of hydrogen-bond acceptors (Lipinski definition) is 5. The van der Waals surface area contributed by atoms with E-state index >= 15 is 0 Å². The Hall–Kier alpha value is -2.90. The topological polar surface area (TPSA) is 66.5 Å². The van der Waals surface area contributed by atoms with E-state index in [-0.39, 0.29) is 10.9 Å². The maximum absolute atomic E-state index is 13.6. The molecule has 0 saturated carbocycles. The monoisotopic (exact) mass is 498 g/mol. The molecule has 6 nitrogen and oxygen atoms in total. The summed E-state index contributed by atoms with van der Waals surface area (Å²) in [5.41, 5.74) is 1.23.